The van der Waals surface area contributed by atoms with Gasteiger partial charge < -0.3 is 25.3 Å². The second-order valence-electron chi connectivity index (χ2n) is 16.9. The lowest BCUT2D eigenvalue weighted by atomic mass is 10.0. The van der Waals surface area contributed by atoms with E-state index in [0.717, 1.165) is 18.9 Å². The Bertz CT molecular complexity index is 934. The zero-order valence-corrected chi connectivity index (χ0v) is 39.5. The SMILES string of the molecule is C.C.C.C.C.C.C.C.C.C.C.C.CCCCCCCCCCCCCCCC[Si](C)(O[SiH](C)O[Si](C)(CCCC1CC(=O)OC1=O)O[Si](C)(C)O[Si](C)(C)C)O[Si](C)(C)C. The zero-order chi connectivity index (χ0) is 36.5. The van der Waals surface area contributed by atoms with E-state index in [4.69, 9.17) is 25.3 Å². The average molecular weight is 974 g/mol. The number of cyclic esters (lactones) is 2. The largest absolute Gasteiger partial charge is 0.437 e. The Balaban J connectivity index is -0.000000192. The molecule has 0 radical (unpaired) electrons. The fourth-order valence-electron chi connectivity index (χ4n) is 6.97. The highest BCUT2D eigenvalue weighted by molar-refractivity contribution is 6.88. The van der Waals surface area contributed by atoms with E-state index in [1.54, 1.807) is 0 Å². The fraction of sp³-hybridized carbons (Fsp3) is 0.957. The summed E-state index contributed by atoms with van der Waals surface area (Å²) < 4.78 is 39.0. The summed E-state index contributed by atoms with van der Waals surface area (Å²) in [5.74, 6) is -1.19. The van der Waals surface area contributed by atoms with Gasteiger partial charge in [-0.2, -0.15) is 0 Å². The molecule has 380 valence electrons. The van der Waals surface area contributed by atoms with E-state index >= 15 is 0 Å². The Kier molecular flexibility index (Phi) is 67.3. The number of rotatable bonds is 29. The van der Waals surface area contributed by atoms with Crippen LogP contribution in [0.25, 0.3) is 0 Å². The summed E-state index contributed by atoms with van der Waals surface area (Å²) in [4.78, 5) is 23.7. The van der Waals surface area contributed by atoms with Gasteiger partial charge in [0.15, 0.2) is 16.6 Å². The summed E-state index contributed by atoms with van der Waals surface area (Å²) in [5, 5.41) is 0. The number of carbonyl (C=O) groups is 2. The van der Waals surface area contributed by atoms with Crippen LogP contribution in [-0.4, -0.2) is 63.5 Å². The van der Waals surface area contributed by atoms with E-state index in [-0.39, 0.29) is 101 Å². The van der Waals surface area contributed by atoms with Crippen LogP contribution < -0.4 is 0 Å². The average Bonchev–Trinajstić information content (AvgIpc) is 3.21. The first-order valence-electron chi connectivity index (χ1n) is 19.4. The molecule has 1 saturated heterocycles. The molecule has 1 heterocycles. The van der Waals surface area contributed by atoms with Gasteiger partial charge in [0.25, 0.3) is 0 Å². The van der Waals surface area contributed by atoms with E-state index in [9.17, 15) is 9.59 Å². The van der Waals surface area contributed by atoms with Crippen LogP contribution in [0.3, 0.4) is 0 Å². The van der Waals surface area contributed by atoms with Crippen LogP contribution in [-0.2, 0) is 34.9 Å². The Morgan fingerprint density at radius 1 is 0.500 bits per heavy atom. The standard InChI is InChI=1S/C34H76O8Si6.12CH4/c1-13-14-15-16-17-18-19-20-21-22-23-24-25-26-29-47(11,41-45(6,7)8)38-43(2)39-48(12,42-46(9,10)40-44(3,4)5)30-27-28-32-31-33(35)37-34(32)36;;;;;;;;;;;;/h32,43H,13-31H2,1-12H3;12*1H4. The van der Waals surface area contributed by atoms with Gasteiger partial charge in [0.05, 0.1) is 12.3 Å². The molecule has 0 bridgehead atoms. The minimum absolute atomic E-state index is 0. The Hall–Kier alpha value is 0.241. The molecule has 1 fully saturated rings. The molecule has 0 saturated carbocycles. The van der Waals surface area contributed by atoms with E-state index in [1.807, 2.05) is 0 Å². The van der Waals surface area contributed by atoms with Crippen LogP contribution in [0.15, 0.2) is 0 Å². The van der Waals surface area contributed by atoms with Crippen molar-refractivity contribution in [2.24, 2.45) is 5.92 Å². The molecule has 4 atom stereocenters. The monoisotopic (exact) mass is 973 g/mol. The molecule has 60 heavy (non-hydrogen) atoms. The van der Waals surface area contributed by atoms with Crippen LogP contribution in [0.1, 0.15) is 205 Å². The van der Waals surface area contributed by atoms with Gasteiger partial charge in [0.2, 0.25) is 0 Å². The van der Waals surface area contributed by atoms with E-state index in [0.29, 0.717) is 12.5 Å². The van der Waals surface area contributed by atoms with Crippen LogP contribution >= 0.6 is 0 Å². The first kappa shape index (κ1) is 90.8. The maximum Gasteiger partial charge on any atom is 0.317 e. The number of hydrogen-bond donors (Lipinski definition) is 0. The van der Waals surface area contributed by atoms with Gasteiger partial charge in [-0.1, -0.05) is 192 Å². The van der Waals surface area contributed by atoms with Crippen molar-refractivity contribution < 1.29 is 34.9 Å². The van der Waals surface area contributed by atoms with Crippen molar-refractivity contribution in [2.45, 2.75) is 289 Å². The minimum atomic E-state index is -2.75. The zero-order valence-electron chi connectivity index (χ0n) is 33.4. The number of ether oxygens (including phenoxy) is 1. The van der Waals surface area contributed by atoms with Crippen molar-refractivity contribution in [1.29, 1.82) is 0 Å². The summed E-state index contributed by atoms with van der Waals surface area (Å²) in [6.07, 6.45) is 20.4. The van der Waals surface area contributed by atoms with Crippen molar-refractivity contribution >= 4 is 63.5 Å². The van der Waals surface area contributed by atoms with Crippen molar-refractivity contribution in [2.75, 3.05) is 0 Å². The number of esters is 2. The fourth-order valence-corrected chi connectivity index (χ4v) is 33.7. The molecule has 0 amide bonds. The molecule has 1 aliphatic heterocycles. The molecule has 0 N–H and O–H groups in total. The Morgan fingerprint density at radius 3 is 1.17 bits per heavy atom. The molecule has 0 aromatic carbocycles. The molecule has 8 nitrogen and oxygen atoms in total. The van der Waals surface area contributed by atoms with Gasteiger partial charge >= 0.3 is 46.9 Å². The predicted molar refractivity (Wildman–Crippen MR) is 295 cm³/mol. The van der Waals surface area contributed by atoms with Crippen molar-refractivity contribution in [3.05, 3.63) is 0 Å². The summed E-state index contributed by atoms with van der Waals surface area (Å²) in [6.45, 7) is 26.3. The minimum Gasteiger partial charge on any atom is -0.437 e. The highest BCUT2D eigenvalue weighted by Crippen LogP contribution is 2.31. The maximum atomic E-state index is 12.1. The molecule has 4 unspecified atom stereocenters. The van der Waals surface area contributed by atoms with Crippen LogP contribution in [0, 0.1) is 5.92 Å². The molecule has 0 aromatic rings. The molecule has 0 spiro atoms. The molecule has 0 aliphatic carbocycles. The third-order valence-electron chi connectivity index (χ3n) is 8.50. The molecule has 0 aromatic heterocycles. The third kappa shape index (κ3) is 46.2. The van der Waals surface area contributed by atoms with Gasteiger partial charge in [-0.25, -0.2) is 0 Å². The topological polar surface area (TPSA) is 89.5 Å². The first-order chi connectivity index (χ1) is 22.2. The molecular weight excluding hydrogens is 849 g/mol. The number of unbranched alkanes of at least 4 members (excludes halogenated alkanes) is 13. The van der Waals surface area contributed by atoms with E-state index in [2.05, 4.69) is 78.9 Å². The summed E-state index contributed by atoms with van der Waals surface area (Å²) >= 11 is 0. The van der Waals surface area contributed by atoms with Crippen molar-refractivity contribution in [3.63, 3.8) is 0 Å². The Labute approximate surface area is 391 Å². The first-order valence-corrected chi connectivity index (χ1v) is 36.1. The molecule has 14 heteroatoms. The number of carbonyl (C=O) groups excluding carboxylic acids is 2. The molecule has 1 rings (SSSR count). The van der Waals surface area contributed by atoms with Crippen LogP contribution in [0.2, 0.25) is 84.1 Å². The smallest absolute Gasteiger partial charge is 0.317 e. The van der Waals surface area contributed by atoms with Gasteiger partial charge in [-0.15, -0.1) is 0 Å². The van der Waals surface area contributed by atoms with Crippen LogP contribution in [0.5, 0.6) is 0 Å². The summed E-state index contributed by atoms with van der Waals surface area (Å²) in [6, 6.07) is 1.70. The van der Waals surface area contributed by atoms with E-state index < -0.39 is 63.5 Å². The van der Waals surface area contributed by atoms with Gasteiger partial charge in [0.1, 0.15) is 0 Å². The lowest BCUT2D eigenvalue weighted by Gasteiger charge is -2.41. The lowest BCUT2D eigenvalue weighted by molar-refractivity contribution is -0.153. The molecule has 1 aliphatic rings. The van der Waals surface area contributed by atoms with Crippen LogP contribution in [0.4, 0.5) is 0 Å². The van der Waals surface area contributed by atoms with E-state index in [1.165, 1.54) is 83.5 Å². The lowest BCUT2D eigenvalue weighted by Crippen LogP contribution is -2.57. The quantitative estimate of drug-likeness (QED) is 0.0317. The summed E-state index contributed by atoms with van der Waals surface area (Å²) in [5.41, 5.74) is 0. The maximum absolute atomic E-state index is 12.1. The summed E-state index contributed by atoms with van der Waals surface area (Å²) in [7, 11) is -13.5. The third-order valence-corrected chi connectivity index (χ3v) is 29.9. The Morgan fingerprint density at radius 2 is 0.833 bits per heavy atom. The van der Waals surface area contributed by atoms with Gasteiger partial charge in [-0.3, -0.25) is 9.59 Å². The second kappa shape index (κ2) is 44.4. The highest BCUT2D eigenvalue weighted by Gasteiger charge is 2.46. The molecular formula is C46H124O8Si6. The van der Waals surface area contributed by atoms with Gasteiger partial charge in [0, 0.05) is 0 Å². The normalized spacial score (nSPS) is 15.4. The van der Waals surface area contributed by atoms with Crippen molar-refractivity contribution in [1.82, 2.24) is 0 Å². The van der Waals surface area contributed by atoms with Crippen molar-refractivity contribution in [3.8, 4) is 0 Å². The van der Waals surface area contributed by atoms with Gasteiger partial charge in [-0.05, 0) is 90.5 Å². The highest BCUT2D eigenvalue weighted by atomic mass is 28.5. The second-order valence-corrected chi connectivity index (χ2v) is 39.2. The predicted octanol–water partition coefficient (Wildman–Crippen LogP) is 18.4. The number of hydrogen-bond acceptors (Lipinski definition) is 8.